The summed E-state index contributed by atoms with van der Waals surface area (Å²) < 4.78 is 5.62. The third kappa shape index (κ3) is 1.56. The quantitative estimate of drug-likeness (QED) is 0.530. The van der Waals surface area contributed by atoms with Gasteiger partial charge in [0, 0.05) is 11.8 Å². The average Bonchev–Trinajstić information content (AvgIpc) is 2.69. The van der Waals surface area contributed by atoms with Crippen LogP contribution in [0.3, 0.4) is 0 Å². The number of allylic oxidation sites excluding steroid dienone is 1. The van der Waals surface area contributed by atoms with Gasteiger partial charge in [0.2, 0.25) is 0 Å². The lowest BCUT2D eigenvalue weighted by Gasteiger charge is -2.32. The van der Waals surface area contributed by atoms with Crippen molar-refractivity contribution in [1.29, 1.82) is 0 Å². The molecule has 1 aliphatic heterocycles. The van der Waals surface area contributed by atoms with E-state index in [4.69, 9.17) is 4.74 Å². The molecule has 0 spiro atoms. The highest BCUT2D eigenvalue weighted by atomic mass is 16.6. The van der Waals surface area contributed by atoms with Crippen LogP contribution in [0.25, 0.3) is 0 Å². The van der Waals surface area contributed by atoms with E-state index in [0.717, 1.165) is 25.7 Å². The number of hydrogen-bond acceptors (Lipinski definition) is 3. The molecule has 1 saturated carbocycles. The molecular formula is C15H22O3. The Kier molecular flexibility index (Phi) is 2.60. The molecule has 18 heavy (non-hydrogen) atoms. The highest BCUT2D eigenvalue weighted by Gasteiger charge is 2.55. The molecule has 0 aromatic heterocycles. The second kappa shape index (κ2) is 3.83. The lowest BCUT2D eigenvalue weighted by Crippen LogP contribution is -2.40. The highest BCUT2D eigenvalue weighted by molar-refractivity contribution is 5.75. The fourth-order valence-electron chi connectivity index (χ4n) is 4.17. The Labute approximate surface area is 108 Å². The summed E-state index contributed by atoms with van der Waals surface area (Å²) >= 11 is 0. The zero-order valence-corrected chi connectivity index (χ0v) is 11.4. The van der Waals surface area contributed by atoms with Gasteiger partial charge in [-0.25, -0.2) is 0 Å². The molecule has 0 radical (unpaired) electrons. The van der Waals surface area contributed by atoms with E-state index in [0.29, 0.717) is 0 Å². The number of carbonyl (C=O) groups excluding carboxylic acids is 1. The Hall–Kier alpha value is -0.830. The molecule has 1 N–H and O–H groups in total. The maximum Gasteiger partial charge on any atom is 0.309 e. The normalized spacial score (nSPS) is 47.7. The first-order valence-corrected chi connectivity index (χ1v) is 7.03. The van der Waals surface area contributed by atoms with E-state index >= 15 is 0 Å². The Morgan fingerprint density at radius 2 is 2.11 bits per heavy atom. The van der Waals surface area contributed by atoms with Crippen molar-refractivity contribution in [3.63, 3.8) is 0 Å². The SMILES string of the molecule is CC1=C2CCC(C)(O)C2[C@H]2OC(=O)C(C)C2CC1. The van der Waals surface area contributed by atoms with Gasteiger partial charge in [-0.15, -0.1) is 0 Å². The topological polar surface area (TPSA) is 46.5 Å². The van der Waals surface area contributed by atoms with Crippen LogP contribution in [0.5, 0.6) is 0 Å². The van der Waals surface area contributed by atoms with Gasteiger partial charge >= 0.3 is 5.97 Å². The molecule has 0 aromatic carbocycles. The number of carbonyl (C=O) groups is 1. The van der Waals surface area contributed by atoms with Gasteiger partial charge in [0.1, 0.15) is 6.10 Å². The van der Waals surface area contributed by atoms with Crippen molar-refractivity contribution >= 4 is 5.97 Å². The molecule has 2 fully saturated rings. The van der Waals surface area contributed by atoms with Crippen LogP contribution in [0.1, 0.15) is 46.5 Å². The predicted molar refractivity (Wildman–Crippen MR) is 67.8 cm³/mol. The van der Waals surface area contributed by atoms with Crippen molar-refractivity contribution in [2.45, 2.75) is 58.2 Å². The third-order valence-electron chi connectivity index (χ3n) is 5.36. The van der Waals surface area contributed by atoms with Gasteiger partial charge in [0.25, 0.3) is 0 Å². The summed E-state index contributed by atoms with van der Waals surface area (Å²) in [5.74, 6) is 0.212. The Morgan fingerprint density at radius 3 is 2.83 bits per heavy atom. The lowest BCUT2D eigenvalue weighted by atomic mass is 9.78. The van der Waals surface area contributed by atoms with Gasteiger partial charge in [0.05, 0.1) is 11.5 Å². The summed E-state index contributed by atoms with van der Waals surface area (Å²) in [6.45, 7) is 6.05. The van der Waals surface area contributed by atoms with Crippen molar-refractivity contribution in [3.8, 4) is 0 Å². The van der Waals surface area contributed by atoms with Crippen LogP contribution in [-0.2, 0) is 9.53 Å². The molecule has 4 unspecified atom stereocenters. The molecule has 3 aliphatic rings. The predicted octanol–water partition coefficient (Wildman–Crippen LogP) is 2.44. The molecule has 3 heteroatoms. The smallest absolute Gasteiger partial charge is 0.309 e. The first-order chi connectivity index (χ1) is 8.42. The van der Waals surface area contributed by atoms with Crippen molar-refractivity contribution in [2.24, 2.45) is 17.8 Å². The molecule has 0 bridgehead atoms. The Morgan fingerprint density at radius 1 is 1.39 bits per heavy atom. The van der Waals surface area contributed by atoms with Gasteiger partial charge < -0.3 is 9.84 Å². The van der Waals surface area contributed by atoms with E-state index in [9.17, 15) is 9.90 Å². The van der Waals surface area contributed by atoms with E-state index < -0.39 is 5.60 Å². The van der Waals surface area contributed by atoms with Crippen molar-refractivity contribution in [1.82, 2.24) is 0 Å². The molecule has 5 atom stereocenters. The summed E-state index contributed by atoms with van der Waals surface area (Å²) in [6, 6.07) is 0. The number of hydrogen-bond donors (Lipinski definition) is 1. The largest absolute Gasteiger partial charge is 0.461 e. The van der Waals surface area contributed by atoms with E-state index in [1.165, 1.54) is 11.1 Å². The molecule has 1 heterocycles. The monoisotopic (exact) mass is 250 g/mol. The molecule has 100 valence electrons. The molecule has 2 aliphatic carbocycles. The molecular weight excluding hydrogens is 228 g/mol. The molecule has 3 rings (SSSR count). The summed E-state index contributed by atoms with van der Waals surface area (Å²) in [4.78, 5) is 11.8. The number of rotatable bonds is 0. The van der Waals surface area contributed by atoms with Crippen molar-refractivity contribution in [2.75, 3.05) is 0 Å². The van der Waals surface area contributed by atoms with Crippen LogP contribution in [0.2, 0.25) is 0 Å². The minimum atomic E-state index is -0.714. The zero-order valence-electron chi connectivity index (χ0n) is 11.4. The van der Waals surface area contributed by atoms with Crippen LogP contribution < -0.4 is 0 Å². The second-order valence-electron chi connectivity index (χ2n) is 6.53. The fraction of sp³-hybridized carbons (Fsp3) is 0.800. The third-order valence-corrected chi connectivity index (χ3v) is 5.36. The first-order valence-electron chi connectivity index (χ1n) is 7.03. The van der Waals surface area contributed by atoms with Crippen LogP contribution in [0, 0.1) is 17.8 Å². The van der Waals surface area contributed by atoms with Crippen molar-refractivity contribution < 1.29 is 14.6 Å². The fourth-order valence-corrected chi connectivity index (χ4v) is 4.17. The number of esters is 1. The highest BCUT2D eigenvalue weighted by Crippen LogP contribution is 2.52. The lowest BCUT2D eigenvalue weighted by molar-refractivity contribution is -0.147. The first kappa shape index (κ1) is 12.2. The summed E-state index contributed by atoms with van der Waals surface area (Å²) in [7, 11) is 0. The van der Waals surface area contributed by atoms with E-state index in [-0.39, 0.29) is 29.8 Å². The Bertz CT molecular complexity index is 421. The summed E-state index contributed by atoms with van der Waals surface area (Å²) in [5, 5.41) is 10.6. The maximum absolute atomic E-state index is 11.8. The van der Waals surface area contributed by atoms with Crippen LogP contribution >= 0.6 is 0 Å². The van der Waals surface area contributed by atoms with Gasteiger partial charge in [-0.2, -0.15) is 0 Å². The summed E-state index contributed by atoms with van der Waals surface area (Å²) in [5.41, 5.74) is 2.05. The molecule has 1 saturated heterocycles. The van der Waals surface area contributed by atoms with E-state index in [1.807, 2.05) is 13.8 Å². The summed E-state index contributed by atoms with van der Waals surface area (Å²) in [6.07, 6.45) is 3.71. The molecule has 0 amide bonds. The van der Waals surface area contributed by atoms with E-state index in [1.54, 1.807) is 0 Å². The average molecular weight is 250 g/mol. The number of fused-ring (bicyclic) bond motifs is 3. The Balaban J connectivity index is 2.04. The second-order valence-corrected chi connectivity index (χ2v) is 6.53. The van der Waals surface area contributed by atoms with Gasteiger partial charge in [-0.3, -0.25) is 4.79 Å². The molecule has 0 aromatic rings. The van der Waals surface area contributed by atoms with Gasteiger partial charge in [-0.05, 0) is 39.5 Å². The van der Waals surface area contributed by atoms with Gasteiger partial charge in [-0.1, -0.05) is 18.1 Å². The molecule has 3 nitrogen and oxygen atoms in total. The number of ether oxygens (including phenoxy) is 1. The van der Waals surface area contributed by atoms with Gasteiger partial charge in [0.15, 0.2) is 0 Å². The standard InChI is InChI=1S/C15H22O3/c1-8-4-5-11-9(2)14(16)18-13(11)12-10(8)6-7-15(12,3)17/h9,11-13,17H,4-7H2,1-3H3/t9?,11?,12?,13-,15?/m0/s1. The minimum Gasteiger partial charge on any atom is -0.461 e. The zero-order chi connectivity index (χ0) is 13.1. The van der Waals surface area contributed by atoms with E-state index in [2.05, 4.69) is 6.92 Å². The van der Waals surface area contributed by atoms with Crippen LogP contribution in [0.15, 0.2) is 11.1 Å². The number of aliphatic hydroxyl groups is 1. The van der Waals surface area contributed by atoms with Crippen molar-refractivity contribution in [3.05, 3.63) is 11.1 Å². The maximum atomic E-state index is 11.8. The van der Waals surface area contributed by atoms with Crippen LogP contribution in [-0.4, -0.2) is 22.8 Å². The minimum absolute atomic E-state index is 0.0152. The van der Waals surface area contributed by atoms with Crippen LogP contribution in [0.4, 0.5) is 0 Å².